The van der Waals surface area contributed by atoms with E-state index in [1.54, 1.807) is 19.1 Å². The molecule has 2 heterocycles. The van der Waals surface area contributed by atoms with Crippen molar-refractivity contribution in [2.75, 3.05) is 36.4 Å². The molecule has 2 aromatic rings. The average molecular weight is 396 g/mol. The molecule has 0 unspecified atom stereocenters. The van der Waals surface area contributed by atoms with E-state index in [1.807, 2.05) is 6.07 Å². The van der Waals surface area contributed by atoms with Crippen LogP contribution >= 0.6 is 11.6 Å². The van der Waals surface area contributed by atoms with Gasteiger partial charge in [0.1, 0.15) is 18.0 Å². The van der Waals surface area contributed by atoms with Crippen LogP contribution in [0.2, 0.25) is 5.02 Å². The number of rotatable bonds is 7. The Morgan fingerprint density at radius 3 is 2.69 bits per heavy atom. The van der Waals surface area contributed by atoms with Gasteiger partial charge in [0, 0.05) is 37.3 Å². The monoisotopic (exact) mass is 395 g/mol. The Hall–Kier alpha value is -1.90. The molecule has 1 aromatic heterocycles. The van der Waals surface area contributed by atoms with Crippen molar-refractivity contribution in [3.8, 4) is 0 Å². The lowest BCUT2D eigenvalue weighted by Gasteiger charge is -2.16. The minimum absolute atomic E-state index is 0.198. The first kappa shape index (κ1) is 18.9. The SMILES string of the molecule is Cc1ccc(Cl)cc1S(=O)(=O)NCCNc1cc(N2CCCC2)ncn1. The van der Waals surface area contributed by atoms with E-state index in [4.69, 9.17) is 11.6 Å². The van der Waals surface area contributed by atoms with Gasteiger partial charge in [0.15, 0.2) is 0 Å². The molecule has 3 rings (SSSR count). The number of halogens is 1. The Bertz CT molecular complexity index is 869. The van der Waals surface area contributed by atoms with Gasteiger partial charge in [0.25, 0.3) is 0 Å². The molecular formula is C17H22ClN5O2S. The van der Waals surface area contributed by atoms with Crippen LogP contribution in [0.1, 0.15) is 18.4 Å². The molecule has 0 saturated carbocycles. The van der Waals surface area contributed by atoms with Crippen LogP contribution in [-0.2, 0) is 10.0 Å². The third-order valence-corrected chi connectivity index (χ3v) is 6.08. The predicted molar refractivity (Wildman–Crippen MR) is 103 cm³/mol. The number of nitrogens with one attached hydrogen (secondary N) is 2. The van der Waals surface area contributed by atoms with Gasteiger partial charge < -0.3 is 10.2 Å². The minimum Gasteiger partial charge on any atom is -0.369 e. The molecule has 9 heteroatoms. The molecule has 2 N–H and O–H groups in total. The first-order valence-electron chi connectivity index (χ1n) is 8.52. The van der Waals surface area contributed by atoms with Crippen LogP contribution in [0, 0.1) is 6.92 Å². The molecule has 0 aliphatic carbocycles. The molecule has 0 bridgehead atoms. The van der Waals surface area contributed by atoms with Gasteiger partial charge in [-0.15, -0.1) is 0 Å². The smallest absolute Gasteiger partial charge is 0.240 e. The van der Waals surface area contributed by atoms with E-state index in [9.17, 15) is 8.42 Å². The number of benzene rings is 1. The number of aryl methyl sites for hydroxylation is 1. The number of nitrogens with zero attached hydrogens (tertiary/aromatic N) is 3. The highest BCUT2D eigenvalue weighted by molar-refractivity contribution is 7.89. The molecule has 0 radical (unpaired) electrons. The fourth-order valence-corrected chi connectivity index (χ4v) is 4.42. The summed E-state index contributed by atoms with van der Waals surface area (Å²) in [5.74, 6) is 1.58. The molecule has 1 saturated heterocycles. The highest BCUT2D eigenvalue weighted by atomic mass is 35.5. The predicted octanol–water partition coefficient (Wildman–Crippen LogP) is 2.43. The number of hydrogen-bond donors (Lipinski definition) is 2. The van der Waals surface area contributed by atoms with Crippen LogP contribution in [0.4, 0.5) is 11.6 Å². The van der Waals surface area contributed by atoms with Crippen LogP contribution in [0.3, 0.4) is 0 Å². The van der Waals surface area contributed by atoms with E-state index in [0.29, 0.717) is 22.9 Å². The van der Waals surface area contributed by atoms with Crippen LogP contribution in [0.5, 0.6) is 0 Å². The largest absolute Gasteiger partial charge is 0.369 e. The summed E-state index contributed by atoms with van der Waals surface area (Å²) in [6, 6.07) is 6.71. The zero-order valence-electron chi connectivity index (χ0n) is 14.6. The molecule has 0 amide bonds. The summed E-state index contributed by atoms with van der Waals surface area (Å²) in [6.07, 6.45) is 3.88. The van der Waals surface area contributed by atoms with Crippen molar-refractivity contribution in [1.29, 1.82) is 0 Å². The molecule has 1 fully saturated rings. The van der Waals surface area contributed by atoms with Crippen molar-refractivity contribution in [2.45, 2.75) is 24.7 Å². The first-order valence-corrected chi connectivity index (χ1v) is 10.4. The van der Waals surface area contributed by atoms with Crippen molar-refractivity contribution in [1.82, 2.24) is 14.7 Å². The van der Waals surface area contributed by atoms with Gasteiger partial charge in [-0.2, -0.15) is 0 Å². The minimum atomic E-state index is -3.60. The van der Waals surface area contributed by atoms with Gasteiger partial charge in [-0.25, -0.2) is 23.1 Å². The van der Waals surface area contributed by atoms with Crippen molar-refractivity contribution in [3.05, 3.63) is 41.2 Å². The lowest BCUT2D eigenvalue weighted by atomic mass is 10.2. The molecule has 0 atom stereocenters. The maximum atomic E-state index is 12.4. The second-order valence-electron chi connectivity index (χ2n) is 6.19. The third-order valence-electron chi connectivity index (χ3n) is 4.25. The molecule has 1 aliphatic rings. The third kappa shape index (κ3) is 4.63. The van der Waals surface area contributed by atoms with Gasteiger partial charge in [-0.05, 0) is 37.5 Å². The van der Waals surface area contributed by atoms with E-state index in [2.05, 4.69) is 24.9 Å². The van der Waals surface area contributed by atoms with E-state index in [-0.39, 0.29) is 11.4 Å². The second-order valence-corrected chi connectivity index (χ2v) is 8.36. The topological polar surface area (TPSA) is 87.2 Å². The molecule has 1 aromatic carbocycles. The van der Waals surface area contributed by atoms with Gasteiger partial charge in [0.05, 0.1) is 4.90 Å². The summed E-state index contributed by atoms with van der Waals surface area (Å²) >= 11 is 5.91. The van der Waals surface area contributed by atoms with Crippen molar-refractivity contribution >= 4 is 33.3 Å². The number of aromatic nitrogens is 2. The Morgan fingerprint density at radius 2 is 1.92 bits per heavy atom. The van der Waals surface area contributed by atoms with Gasteiger partial charge >= 0.3 is 0 Å². The summed E-state index contributed by atoms with van der Waals surface area (Å²) in [5.41, 5.74) is 0.654. The Balaban J connectivity index is 1.55. The Morgan fingerprint density at radius 1 is 1.15 bits per heavy atom. The Kier molecular flexibility index (Phi) is 5.95. The number of hydrogen-bond acceptors (Lipinski definition) is 6. The molecule has 0 spiro atoms. The van der Waals surface area contributed by atoms with Gasteiger partial charge in [-0.1, -0.05) is 17.7 Å². The highest BCUT2D eigenvalue weighted by Gasteiger charge is 2.17. The lowest BCUT2D eigenvalue weighted by Crippen LogP contribution is -2.29. The van der Waals surface area contributed by atoms with Crippen LogP contribution < -0.4 is 14.9 Å². The molecular weight excluding hydrogens is 374 g/mol. The molecule has 7 nitrogen and oxygen atoms in total. The normalized spacial score (nSPS) is 14.6. The molecule has 140 valence electrons. The standard InChI is InChI=1S/C17H22ClN5O2S/c1-13-4-5-14(18)10-15(13)26(24,25)22-7-6-19-16-11-17(21-12-20-16)23-8-2-3-9-23/h4-5,10-12,22H,2-3,6-9H2,1H3,(H,19,20,21). The average Bonchev–Trinajstić information content (AvgIpc) is 3.16. The summed E-state index contributed by atoms with van der Waals surface area (Å²) in [6.45, 7) is 4.40. The summed E-state index contributed by atoms with van der Waals surface area (Å²) in [7, 11) is -3.60. The van der Waals surface area contributed by atoms with E-state index < -0.39 is 10.0 Å². The van der Waals surface area contributed by atoms with Crippen LogP contribution in [-0.4, -0.2) is 44.6 Å². The fourth-order valence-electron chi connectivity index (χ4n) is 2.88. The lowest BCUT2D eigenvalue weighted by molar-refractivity contribution is 0.582. The van der Waals surface area contributed by atoms with Gasteiger partial charge in [-0.3, -0.25) is 0 Å². The second kappa shape index (κ2) is 8.20. The quantitative estimate of drug-likeness (QED) is 0.700. The highest BCUT2D eigenvalue weighted by Crippen LogP contribution is 2.20. The number of sulfonamides is 1. The van der Waals surface area contributed by atoms with E-state index in [1.165, 1.54) is 25.2 Å². The zero-order chi connectivity index (χ0) is 18.6. The van der Waals surface area contributed by atoms with E-state index in [0.717, 1.165) is 18.9 Å². The summed E-state index contributed by atoms with van der Waals surface area (Å²) in [4.78, 5) is 10.9. The number of anilines is 2. The van der Waals surface area contributed by atoms with Gasteiger partial charge in [0.2, 0.25) is 10.0 Å². The first-order chi connectivity index (χ1) is 12.5. The Labute approximate surface area is 158 Å². The summed E-state index contributed by atoms with van der Waals surface area (Å²) in [5, 5.41) is 3.52. The summed E-state index contributed by atoms with van der Waals surface area (Å²) < 4.78 is 27.4. The zero-order valence-corrected chi connectivity index (χ0v) is 16.1. The molecule has 1 aliphatic heterocycles. The maximum absolute atomic E-state index is 12.4. The van der Waals surface area contributed by atoms with Crippen molar-refractivity contribution in [3.63, 3.8) is 0 Å². The van der Waals surface area contributed by atoms with Crippen molar-refractivity contribution < 1.29 is 8.42 Å². The van der Waals surface area contributed by atoms with Crippen LogP contribution in [0.25, 0.3) is 0 Å². The van der Waals surface area contributed by atoms with Crippen LogP contribution in [0.15, 0.2) is 35.5 Å². The fraction of sp³-hybridized carbons (Fsp3) is 0.412. The maximum Gasteiger partial charge on any atom is 0.240 e. The molecule has 26 heavy (non-hydrogen) atoms. The van der Waals surface area contributed by atoms with E-state index >= 15 is 0 Å². The van der Waals surface area contributed by atoms with Crippen molar-refractivity contribution in [2.24, 2.45) is 0 Å².